The van der Waals surface area contributed by atoms with E-state index >= 15 is 0 Å². The Morgan fingerprint density at radius 3 is 2.45 bits per heavy atom. The van der Waals surface area contributed by atoms with Gasteiger partial charge in [-0.05, 0) is 50.5 Å². The van der Waals surface area contributed by atoms with Crippen LogP contribution in [0.1, 0.15) is 57.8 Å². The standard InChI is InChI=1S/C24H34N4O/c1-28(2)22-16-23(27-21-10-6-5-9-20(21)22)25-18-11-13-19(14-12-18)26-24(29)15-17-7-3-4-8-17/h5-6,9-10,16-19H,3-4,7-8,11-15H2,1-2H3,(H,25,27)(H,26,29). The van der Waals surface area contributed by atoms with Crippen LogP contribution in [0, 0.1) is 5.92 Å². The predicted molar refractivity (Wildman–Crippen MR) is 120 cm³/mol. The highest BCUT2D eigenvalue weighted by atomic mass is 16.1. The number of para-hydroxylation sites is 1. The molecule has 0 radical (unpaired) electrons. The number of fused-ring (bicyclic) bond motifs is 1. The Labute approximate surface area is 174 Å². The molecule has 0 atom stereocenters. The number of amides is 1. The van der Waals surface area contributed by atoms with E-state index < -0.39 is 0 Å². The SMILES string of the molecule is CN(C)c1cc(NC2CCC(NC(=O)CC3CCCC3)CC2)nc2ccccc12. The summed E-state index contributed by atoms with van der Waals surface area (Å²) in [5.41, 5.74) is 2.21. The number of aromatic nitrogens is 1. The minimum Gasteiger partial charge on any atom is -0.377 e. The summed E-state index contributed by atoms with van der Waals surface area (Å²) in [5, 5.41) is 8.12. The molecule has 1 aromatic carbocycles. The van der Waals surface area contributed by atoms with E-state index in [-0.39, 0.29) is 5.91 Å². The van der Waals surface area contributed by atoms with E-state index in [9.17, 15) is 4.79 Å². The van der Waals surface area contributed by atoms with Gasteiger partial charge in [0, 0.05) is 49.7 Å². The Morgan fingerprint density at radius 1 is 1.03 bits per heavy atom. The molecule has 1 heterocycles. The lowest BCUT2D eigenvalue weighted by molar-refractivity contribution is -0.122. The van der Waals surface area contributed by atoms with E-state index in [4.69, 9.17) is 4.98 Å². The lowest BCUT2D eigenvalue weighted by atomic mass is 9.90. The normalized spacial score (nSPS) is 22.6. The minimum absolute atomic E-state index is 0.264. The van der Waals surface area contributed by atoms with Crippen molar-refractivity contribution in [1.82, 2.24) is 10.3 Å². The number of hydrogen-bond acceptors (Lipinski definition) is 4. The van der Waals surface area contributed by atoms with Crippen molar-refractivity contribution < 1.29 is 4.79 Å². The minimum atomic E-state index is 0.264. The monoisotopic (exact) mass is 394 g/mol. The molecule has 5 nitrogen and oxygen atoms in total. The zero-order valence-electron chi connectivity index (χ0n) is 17.8. The Bertz CT molecular complexity index is 836. The van der Waals surface area contributed by atoms with Crippen LogP contribution in [-0.2, 0) is 4.79 Å². The number of rotatable bonds is 6. The number of pyridine rings is 1. The van der Waals surface area contributed by atoms with Gasteiger partial charge in [-0.3, -0.25) is 4.79 Å². The quantitative estimate of drug-likeness (QED) is 0.744. The Kier molecular flexibility index (Phi) is 6.22. The van der Waals surface area contributed by atoms with Gasteiger partial charge in [-0.1, -0.05) is 31.0 Å². The second-order valence-electron chi connectivity index (χ2n) is 9.05. The van der Waals surface area contributed by atoms with Crippen molar-refractivity contribution in [3.8, 4) is 0 Å². The van der Waals surface area contributed by atoms with Crippen molar-refractivity contribution in [1.29, 1.82) is 0 Å². The van der Waals surface area contributed by atoms with Crippen molar-refractivity contribution in [3.05, 3.63) is 30.3 Å². The van der Waals surface area contributed by atoms with Crippen LogP contribution in [-0.4, -0.2) is 37.1 Å². The first kappa shape index (κ1) is 20.0. The molecule has 1 aromatic heterocycles. The highest BCUT2D eigenvalue weighted by Gasteiger charge is 2.25. The molecule has 2 saturated carbocycles. The number of carbonyl (C=O) groups is 1. The highest BCUT2D eigenvalue weighted by Crippen LogP contribution is 2.30. The maximum atomic E-state index is 12.3. The lowest BCUT2D eigenvalue weighted by Gasteiger charge is -2.30. The van der Waals surface area contributed by atoms with Crippen molar-refractivity contribution in [3.63, 3.8) is 0 Å². The van der Waals surface area contributed by atoms with Gasteiger partial charge in [-0.2, -0.15) is 0 Å². The fourth-order valence-corrected chi connectivity index (χ4v) is 4.96. The number of anilines is 2. The topological polar surface area (TPSA) is 57.3 Å². The molecule has 1 amide bonds. The number of carbonyl (C=O) groups excluding carboxylic acids is 1. The number of hydrogen-bond donors (Lipinski definition) is 2. The van der Waals surface area contributed by atoms with Crippen molar-refractivity contribution in [2.24, 2.45) is 5.92 Å². The van der Waals surface area contributed by atoms with Gasteiger partial charge in [0.15, 0.2) is 0 Å². The van der Waals surface area contributed by atoms with Gasteiger partial charge in [0.25, 0.3) is 0 Å². The molecule has 29 heavy (non-hydrogen) atoms. The van der Waals surface area contributed by atoms with Crippen LogP contribution in [0.3, 0.4) is 0 Å². The summed E-state index contributed by atoms with van der Waals surface area (Å²) in [5.74, 6) is 1.83. The van der Waals surface area contributed by atoms with Crippen molar-refractivity contribution in [2.75, 3.05) is 24.3 Å². The molecule has 0 unspecified atom stereocenters. The third-order valence-electron chi connectivity index (χ3n) is 6.57. The summed E-state index contributed by atoms with van der Waals surface area (Å²) < 4.78 is 0. The summed E-state index contributed by atoms with van der Waals surface area (Å²) >= 11 is 0. The van der Waals surface area contributed by atoms with Crippen LogP contribution in [0.25, 0.3) is 10.9 Å². The van der Waals surface area contributed by atoms with Crippen LogP contribution in [0.5, 0.6) is 0 Å². The smallest absolute Gasteiger partial charge is 0.220 e. The summed E-state index contributed by atoms with van der Waals surface area (Å²) in [6.45, 7) is 0. The molecule has 2 aromatic rings. The number of benzene rings is 1. The van der Waals surface area contributed by atoms with Crippen LogP contribution < -0.4 is 15.5 Å². The molecular weight excluding hydrogens is 360 g/mol. The van der Waals surface area contributed by atoms with Gasteiger partial charge in [-0.25, -0.2) is 4.98 Å². The van der Waals surface area contributed by atoms with Gasteiger partial charge in [0.2, 0.25) is 5.91 Å². The summed E-state index contributed by atoms with van der Waals surface area (Å²) in [6, 6.07) is 11.2. The maximum absolute atomic E-state index is 12.3. The van der Waals surface area contributed by atoms with E-state index in [0.717, 1.165) is 43.4 Å². The first-order valence-corrected chi connectivity index (χ1v) is 11.2. The fraction of sp³-hybridized carbons (Fsp3) is 0.583. The first-order valence-electron chi connectivity index (χ1n) is 11.2. The molecule has 0 bridgehead atoms. The fourth-order valence-electron chi connectivity index (χ4n) is 4.96. The zero-order chi connectivity index (χ0) is 20.2. The molecule has 2 aliphatic carbocycles. The van der Waals surface area contributed by atoms with Gasteiger partial charge >= 0.3 is 0 Å². The first-order chi connectivity index (χ1) is 14.1. The van der Waals surface area contributed by atoms with E-state index in [1.165, 1.54) is 36.8 Å². The highest BCUT2D eigenvalue weighted by molar-refractivity contribution is 5.93. The summed E-state index contributed by atoms with van der Waals surface area (Å²) in [7, 11) is 4.15. The van der Waals surface area contributed by atoms with Crippen LogP contribution in [0.4, 0.5) is 11.5 Å². The second kappa shape index (κ2) is 9.02. The zero-order valence-corrected chi connectivity index (χ0v) is 17.8. The third-order valence-corrected chi connectivity index (χ3v) is 6.57. The Hall–Kier alpha value is -2.30. The van der Waals surface area contributed by atoms with Gasteiger partial charge in [0.05, 0.1) is 5.52 Å². The molecule has 4 rings (SSSR count). The van der Waals surface area contributed by atoms with Gasteiger partial charge in [-0.15, -0.1) is 0 Å². The molecule has 2 fully saturated rings. The molecule has 156 valence electrons. The molecule has 5 heteroatoms. The largest absolute Gasteiger partial charge is 0.377 e. The second-order valence-corrected chi connectivity index (χ2v) is 9.05. The predicted octanol–water partition coefficient (Wildman–Crippen LogP) is 4.72. The molecular formula is C24H34N4O. The van der Waals surface area contributed by atoms with Gasteiger partial charge < -0.3 is 15.5 Å². The van der Waals surface area contributed by atoms with E-state index in [0.29, 0.717) is 18.0 Å². The number of nitrogens with zero attached hydrogens (tertiary/aromatic N) is 2. The maximum Gasteiger partial charge on any atom is 0.220 e. The van der Waals surface area contributed by atoms with E-state index in [1.54, 1.807) is 0 Å². The van der Waals surface area contributed by atoms with Crippen LogP contribution in [0.15, 0.2) is 30.3 Å². The summed E-state index contributed by atoms with van der Waals surface area (Å²) in [4.78, 5) is 19.3. The third kappa shape index (κ3) is 5.01. The molecule has 0 aliphatic heterocycles. The molecule has 2 aliphatic rings. The molecule has 2 N–H and O–H groups in total. The average molecular weight is 395 g/mol. The molecule has 0 spiro atoms. The summed E-state index contributed by atoms with van der Waals surface area (Å²) in [6.07, 6.45) is 10.0. The van der Waals surface area contributed by atoms with Crippen molar-refractivity contribution >= 4 is 28.3 Å². The van der Waals surface area contributed by atoms with E-state index in [2.05, 4.69) is 53.9 Å². The Balaban J connectivity index is 1.32. The van der Waals surface area contributed by atoms with Crippen LogP contribution in [0.2, 0.25) is 0 Å². The molecule has 0 saturated heterocycles. The van der Waals surface area contributed by atoms with Crippen LogP contribution >= 0.6 is 0 Å². The van der Waals surface area contributed by atoms with Gasteiger partial charge in [0.1, 0.15) is 5.82 Å². The van der Waals surface area contributed by atoms with Crippen molar-refractivity contribution in [2.45, 2.75) is 69.9 Å². The van der Waals surface area contributed by atoms with E-state index in [1.807, 2.05) is 6.07 Å². The number of nitrogens with one attached hydrogen (secondary N) is 2. The lowest BCUT2D eigenvalue weighted by Crippen LogP contribution is -2.40. The average Bonchev–Trinajstić information content (AvgIpc) is 3.21. The Morgan fingerprint density at radius 2 is 1.72 bits per heavy atom.